The van der Waals surface area contributed by atoms with E-state index >= 15 is 0 Å². The minimum atomic E-state index is -0.278. The van der Waals surface area contributed by atoms with Crippen LogP contribution < -0.4 is 10.2 Å². The van der Waals surface area contributed by atoms with Crippen molar-refractivity contribution in [2.75, 3.05) is 36.5 Å². The zero-order valence-electron chi connectivity index (χ0n) is 18.2. The van der Waals surface area contributed by atoms with E-state index in [4.69, 9.17) is 19.1 Å². The van der Waals surface area contributed by atoms with Crippen LogP contribution in [0.1, 0.15) is 11.3 Å². The number of aromatic nitrogens is 4. The molecular formula is C24H23FN6O2. The SMILES string of the molecule is Cc1occc1-c1nc(NCc2cccc(F)c2)ncc1-c1ccnc(N2CCOCC2)n1. The minimum Gasteiger partial charge on any atom is -0.469 e. The molecule has 1 N–H and O–H groups in total. The van der Waals surface area contributed by atoms with Gasteiger partial charge in [-0.3, -0.25) is 0 Å². The molecule has 4 aromatic rings. The number of ether oxygens (including phenoxy) is 1. The van der Waals surface area contributed by atoms with Crippen LogP contribution in [0.4, 0.5) is 16.3 Å². The molecule has 0 unspecified atom stereocenters. The Balaban J connectivity index is 1.49. The fourth-order valence-electron chi connectivity index (χ4n) is 3.73. The summed E-state index contributed by atoms with van der Waals surface area (Å²) in [6.45, 7) is 5.09. The van der Waals surface area contributed by atoms with Crippen LogP contribution in [0, 0.1) is 12.7 Å². The number of benzene rings is 1. The molecule has 0 saturated carbocycles. The fourth-order valence-corrected chi connectivity index (χ4v) is 3.73. The summed E-state index contributed by atoms with van der Waals surface area (Å²) in [6, 6.07) is 10.2. The summed E-state index contributed by atoms with van der Waals surface area (Å²) in [5, 5.41) is 3.18. The lowest BCUT2D eigenvalue weighted by molar-refractivity contribution is 0.122. The van der Waals surface area contributed by atoms with Crippen LogP contribution in [0.5, 0.6) is 0 Å². The third kappa shape index (κ3) is 4.68. The average molecular weight is 446 g/mol. The van der Waals surface area contributed by atoms with Gasteiger partial charge in [-0.1, -0.05) is 12.1 Å². The summed E-state index contributed by atoms with van der Waals surface area (Å²) < 4.78 is 24.5. The molecule has 0 radical (unpaired) electrons. The summed E-state index contributed by atoms with van der Waals surface area (Å²) in [5.74, 6) is 1.55. The second-order valence-corrected chi connectivity index (χ2v) is 7.67. The van der Waals surface area contributed by atoms with E-state index < -0.39 is 0 Å². The van der Waals surface area contributed by atoms with Crippen LogP contribution in [0.3, 0.4) is 0 Å². The van der Waals surface area contributed by atoms with E-state index in [-0.39, 0.29) is 5.82 Å². The maximum absolute atomic E-state index is 13.5. The Hall–Kier alpha value is -3.85. The Morgan fingerprint density at radius 1 is 1.06 bits per heavy atom. The number of nitrogens with one attached hydrogen (secondary N) is 1. The molecule has 168 valence electrons. The predicted octanol–water partition coefficient (Wildman–Crippen LogP) is 4.09. The Morgan fingerprint density at radius 2 is 1.94 bits per heavy atom. The van der Waals surface area contributed by atoms with Gasteiger partial charge in [0, 0.05) is 43.2 Å². The molecule has 33 heavy (non-hydrogen) atoms. The molecule has 0 atom stereocenters. The molecule has 1 saturated heterocycles. The first-order valence-corrected chi connectivity index (χ1v) is 10.7. The highest BCUT2D eigenvalue weighted by Gasteiger charge is 2.19. The van der Waals surface area contributed by atoms with Crippen LogP contribution in [0.15, 0.2) is 59.5 Å². The van der Waals surface area contributed by atoms with Crippen molar-refractivity contribution in [2.45, 2.75) is 13.5 Å². The molecule has 5 rings (SSSR count). The van der Waals surface area contributed by atoms with Crippen molar-refractivity contribution in [1.82, 2.24) is 19.9 Å². The molecule has 8 nitrogen and oxygen atoms in total. The molecule has 1 aromatic carbocycles. The van der Waals surface area contributed by atoms with Gasteiger partial charge in [-0.25, -0.2) is 24.3 Å². The van der Waals surface area contributed by atoms with Gasteiger partial charge in [0.05, 0.1) is 30.9 Å². The monoisotopic (exact) mass is 446 g/mol. The quantitative estimate of drug-likeness (QED) is 0.474. The molecule has 0 spiro atoms. The Labute approximate surface area is 190 Å². The fraction of sp³-hybridized carbons (Fsp3) is 0.250. The Bertz CT molecular complexity index is 1260. The molecule has 3 aromatic heterocycles. The Kier molecular flexibility index (Phi) is 5.95. The van der Waals surface area contributed by atoms with Gasteiger partial charge in [-0.2, -0.15) is 0 Å². The topological polar surface area (TPSA) is 89.2 Å². The smallest absolute Gasteiger partial charge is 0.226 e. The van der Waals surface area contributed by atoms with E-state index in [1.54, 1.807) is 24.7 Å². The zero-order valence-corrected chi connectivity index (χ0v) is 18.2. The lowest BCUT2D eigenvalue weighted by Gasteiger charge is -2.26. The maximum atomic E-state index is 13.5. The standard InChI is InChI=1S/C24H23FN6O2/c1-16-19(6-10-33-16)22-20(21-5-7-26-24(29-21)31-8-11-32-12-9-31)15-28-23(30-22)27-14-17-3-2-4-18(25)13-17/h2-7,10,13,15H,8-9,11-12,14H2,1H3,(H,27,28,30). The summed E-state index contributed by atoms with van der Waals surface area (Å²) in [5.41, 5.74) is 3.85. The van der Waals surface area contributed by atoms with Gasteiger partial charge in [0.1, 0.15) is 11.6 Å². The number of aryl methyl sites for hydroxylation is 1. The molecule has 0 bridgehead atoms. The van der Waals surface area contributed by atoms with Crippen LogP contribution in [0.2, 0.25) is 0 Å². The summed E-state index contributed by atoms with van der Waals surface area (Å²) in [7, 11) is 0. The largest absolute Gasteiger partial charge is 0.469 e. The third-order valence-corrected chi connectivity index (χ3v) is 5.46. The molecule has 1 aliphatic rings. The highest BCUT2D eigenvalue weighted by molar-refractivity contribution is 5.80. The molecule has 4 heterocycles. The van der Waals surface area contributed by atoms with E-state index in [9.17, 15) is 4.39 Å². The molecule has 1 fully saturated rings. The summed E-state index contributed by atoms with van der Waals surface area (Å²) in [6.07, 6.45) is 5.12. The molecule has 0 aliphatic carbocycles. The first kappa shape index (κ1) is 21.0. The van der Waals surface area contributed by atoms with Gasteiger partial charge in [-0.05, 0) is 36.8 Å². The van der Waals surface area contributed by atoms with Gasteiger partial charge < -0.3 is 19.4 Å². The molecule has 0 amide bonds. The van der Waals surface area contributed by atoms with Crippen LogP contribution in [0.25, 0.3) is 22.5 Å². The van der Waals surface area contributed by atoms with Gasteiger partial charge in [0.25, 0.3) is 0 Å². The number of hydrogen-bond acceptors (Lipinski definition) is 8. The van der Waals surface area contributed by atoms with Crippen molar-refractivity contribution in [2.24, 2.45) is 0 Å². The second-order valence-electron chi connectivity index (χ2n) is 7.67. The number of furan rings is 1. The van der Waals surface area contributed by atoms with Crippen molar-refractivity contribution in [3.63, 3.8) is 0 Å². The predicted molar refractivity (Wildman–Crippen MR) is 122 cm³/mol. The van der Waals surface area contributed by atoms with E-state index in [0.717, 1.165) is 41.2 Å². The molecule has 1 aliphatic heterocycles. The van der Waals surface area contributed by atoms with E-state index in [1.807, 2.05) is 25.1 Å². The second kappa shape index (κ2) is 9.33. The number of halogens is 1. The minimum absolute atomic E-state index is 0.278. The molecular weight excluding hydrogens is 423 g/mol. The van der Waals surface area contributed by atoms with Crippen molar-refractivity contribution < 1.29 is 13.5 Å². The van der Waals surface area contributed by atoms with Gasteiger partial charge in [-0.15, -0.1) is 0 Å². The third-order valence-electron chi connectivity index (χ3n) is 5.46. The van der Waals surface area contributed by atoms with E-state index in [2.05, 4.69) is 20.2 Å². The Morgan fingerprint density at radius 3 is 2.73 bits per heavy atom. The van der Waals surface area contributed by atoms with Crippen LogP contribution in [-0.2, 0) is 11.3 Å². The van der Waals surface area contributed by atoms with Crippen LogP contribution in [-0.4, -0.2) is 46.2 Å². The summed E-state index contributed by atoms with van der Waals surface area (Å²) >= 11 is 0. The average Bonchev–Trinajstić information content (AvgIpc) is 3.29. The van der Waals surface area contributed by atoms with Crippen LogP contribution >= 0.6 is 0 Å². The van der Waals surface area contributed by atoms with Gasteiger partial charge >= 0.3 is 0 Å². The van der Waals surface area contributed by atoms with Crippen molar-refractivity contribution in [3.8, 4) is 22.5 Å². The lowest BCUT2D eigenvalue weighted by atomic mass is 10.1. The number of morpholine rings is 1. The first-order chi connectivity index (χ1) is 16.2. The van der Waals surface area contributed by atoms with Crippen molar-refractivity contribution in [3.05, 3.63) is 72.2 Å². The highest BCUT2D eigenvalue weighted by atomic mass is 19.1. The zero-order chi connectivity index (χ0) is 22.6. The van der Waals surface area contributed by atoms with E-state index in [1.165, 1.54) is 12.1 Å². The van der Waals surface area contributed by atoms with Crippen molar-refractivity contribution in [1.29, 1.82) is 0 Å². The number of anilines is 2. The lowest BCUT2D eigenvalue weighted by Crippen LogP contribution is -2.37. The number of hydrogen-bond donors (Lipinski definition) is 1. The van der Waals surface area contributed by atoms with Gasteiger partial charge in [0.15, 0.2) is 0 Å². The number of nitrogens with zero attached hydrogens (tertiary/aromatic N) is 5. The van der Waals surface area contributed by atoms with Crippen molar-refractivity contribution >= 4 is 11.9 Å². The van der Waals surface area contributed by atoms with Gasteiger partial charge in [0.2, 0.25) is 11.9 Å². The summed E-state index contributed by atoms with van der Waals surface area (Å²) in [4.78, 5) is 20.6. The maximum Gasteiger partial charge on any atom is 0.226 e. The number of rotatable bonds is 6. The highest BCUT2D eigenvalue weighted by Crippen LogP contribution is 2.33. The molecule has 9 heteroatoms. The van der Waals surface area contributed by atoms with E-state index in [0.29, 0.717) is 37.3 Å². The first-order valence-electron chi connectivity index (χ1n) is 10.7. The normalized spacial score (nSPS) is 13.8.